The quantitative estimate of drug-likeness (QED) is 0.166. The largest absolute Gasteiger partial charge is 0.311 e. The summed E-state index contributed by atoms with van der Waals surface area (Å²) < 4.78 is 2.09. The Hall–Kier alpha value is -5.10. The minimum atomic E-state index is -0.160. The first-order valence-corrected chi connectivity index (χ1v) is 22.8. The number of para-hydroxylation sites is 1. The Bertz CT molecular complexity index is 2630. The van der Waals surface area contributed by atoms with Crippen LogP contribution >= 0.6 is 0 Å². The SMILES string of the molecule is CC(C)(C)c1cc(N2c3ccc(C(C)(C)C)cc3B3c4nnn(-c5ccccc5)c4N(c4cc(C(C)(C)C)cc(C(C)(C)C)c4)c4cc(C(C)(C)C)cc2c43)cc(C(C)(C)C)c1. The van der Waals surface area contributed by atoms with Gasteiger partial charge >= 0.3 is 0 Å². The Kier molecular flexibility index (Phi) is 9.98. The molecule has 0 atom stereocenters. The maximum atomic E-state index is 5.28. The topological polar surface area (TPSA) is 37.2 Å². The molecule has 0 fully saturated rings. The number of benzene rings is 5. The van der Waals surface area contributed by atoms with Crippen molar-refractivity contribution < 1.29 is 0 Å². The summed E-state index contributed by atoms with van der Waals surface area (Å²) in [6.45, 7) is 41.8. The van der Waals surface area contributed by atoms with E-state index >= 15 is 0 Å². The Morgan fingerprint density at radius 1 is 0.387 bits per heavy atom. The number of rotatable bonds is 3. The highest BCUT2D eigenvalue weighted by Crippen LogP contribution is 2.49. The van der Waals surface area contributed by atoms with Crippen LogP contribution in [-0.2, 0) is 32.5 Å². The fourth-order valence-electron chi connectivity index (χ4n) is 9.04. The van der Waals surface area contributed by atoms with Crippen LogP contribution < -0.4 is 26.3 Å². The van der Waals surface area contributed by atoms with Crippen molar-refractivity contribution in [2.45, 2.75) is 157 Å². The Morgan fingerprint density at radius 2 is 0.806 bits per heavy atom. The Labute approximate surface area is 374 Å². The van der Waals surface area contributed by atoms with Gasteiger partial charge in [0, 0.05) is 28.4 Å². The molecular formula is C56H70BN5. The van der Waals surface area contributed by atoms with Crippen molar-refractivity contribution in [2.75, 3.05) is 9.80 Å². The molecule has 3 heterocycles. The van der Waals surface area contributed by atoms with E-state index in [0.29, 0.717) is 0 Å². The molecule has 0 N–H and O–H groups in total. The molecule has 0 bridgehead atoms. The van der Waals surface area contributed by atoms with Crippen LogP contribution in [0.25, 0.3) is 5.69 Å². The minimum Gasteiger partial charge on any atom is -0.311 e. The first-order valence-electron chi connectivity index (χ1n) is 22.8. The van der Waals surface area contributed by atoms with Crippen LogP contribution in [0.5, 0.6) is 0 Å². The van der Waals surface area contributed by atoms with E-state index in [4.69, 9.17) is 10.3 Å². The summed E-state index contributed by atoms with van der Waals surface area (Å²) in [4.78, 5) is 5.11. The van der Waals surface area contributed by atoms with E-state index in [-0.39, 0.29) is 39.2 Å². The molecule has 0 unspecified atom stereocenters. The molecule has 62 heavy (non-hydrogen) atoms. The maximum Gasteiger partial charge on any atom is 0.280 e. The average molecular weight is 824 g/mol. The highest BCUT2D eigenvalue weighted by molar-refractivity contribution is 6.99. The summed E-state index contributed by atoms with van der Waals surface area (Å²) >= 11 is 0. The van der Waals surface area contributed by atoms with Gasteiger partial charge < -0.3 is 4.90 Å². The van der Waals surface area contributed by atoms with Crippen LogP contribution in [0.3, 0.4) is 0 Å². The van der Waals surface area contributed by atoms with Crippen molar-refractivity contribution in [3.63, 3.8) is 0 Å². The lowest BCUT2D eigenvalue weighted by atomic mass is 9.35. The number of hydrogen-bond donors (Lipinski definition) is 0. The van der Waals surface area contributed by atoms with E-state index in [1.54, 1.807) is 0 Å². The molecule has 0 aliphatic carbocycles. The minimum absolute atomic E-state index is 0.0512. The van der Waals surface area contributed by atoms with E-state index in [1.807, 2.05) is 0 Å². The number of nitrogens with zero attached hydrogens (tertiary/aromatic N) is 5. The van der Waals surface area contributed by atoms with Crippen LogP contribution in [-0.4, -0.2) is 21.7 Å². The van der Waals surface area contributed by atoms with Gasteiger partial charge in [-0.1, -0.05) is 172 Å². The first kappa shape index (κ1) is 43.5. The summed E-state index contributed by atoms with van der Waals surface area (Å²) in [5, 5.41) is 10.4. The average Bonchev–Trinajstić information content (AvgIpc) is 3.60. The smallest absolute Gasteiger partial charge is 0.280 e. The van der Waals surface area contributed by atoms with E-state index in [1.165, 1.54) is 67.1 Å². The monoisotopic (exact) mass is 824 g/mol. The van der Waals surface area contributed by atoms with Gasteiger partial charge in [0.15, 0.2) is 5.82 Å². The lowest BCUT2D eigenvalue weighted by Gasteiger charge is -2.44. The van der Waals surface area contributed by atoms with Gasteiger partial charge in [0.1, 0.15) is 0 Å². The third-order valence-electron chi connectivity index (χ3n) is 13.2. The molecule has 2 aliphatic rings. The predicted octanol–water partition coefficient (Wildman–Crippen LogP) is 13.1. The van der Waals surface area contributed by atoms with E-state index in [9.17, 15) is 0 Å². The molecule has 0 radical (unpaired) electrons. The number of fused-ring (bicyclic) bond motifs is 4. The van der Waals surface area contributed by atoms with Gasteiger partial charge in [-0.25, -0.2) is 0 Å². The lowest BCUT2D eigenvalue weighted by molar-refractivity contribution is 0.568. The van der Waals surface area contributed by atoms with E-state index in [2.05, 4.69) is 236 Å². The van der Waals surface area contributed by atoms with Crippen LogP contribution in [0.2, 0.25) is 0 Å². The molecule has 0 saturated heterocycles. The number of anilines is 6. The molecule has 6 aromatic rings. The Balaban J connectivity index is 1.57. The van der Waals surface area contributed by atoms with Crippen LogP contribution in [0.4, 0.5) is 34.3 Å². The molecule has 2 aliphatic heterocycles. The maximum absolute atomic E-state index is 5.28. The fraction of sp³-hybridized carbons (Fsp3) is 0.429. The second kappa shape index (κ2) is 14.2. The zero-order valence-electron chi connectivity index (χ0n) is 41.1. The number of aromatic nitrogens is 3. The Morgan fingerprint density at radius 3 is 1.26 bits per heavy atom. The number of hydrogen-bond acceptors (Lipinski definition) is 4. The molecule has 6 heteroatoms. The highest BCUT2D eigenvalue weighted by Gasteiger charge is 2.48. The summed E-state index contributed by atoms with van der Waals surface area (Å²) in [5.41, 5.74) is 17.7. The molecule has 0 spiro atoms. The van der Waals surface area contributed by atoms with Gasteiger partial charge in [-0.2, -0.15) is 4.68 Å². The van der Waals surface area contributed by atoms with Gasteiger partial charge in [-0.3, -0.25) is 4.90 Å². The van der Waals surface area contributed by atoms with Crippen molar-refractivity contribution in [3.8, 4) is 5.69 Å². The van der Waals surface area contributed by atoms with Gasteiger partial charge in [0.2, 0.25) is 0 Å². The van der Waals surface area contributed by atoms with E-state index in [0.717, 1.165) is 22.8 Å². The second-order valence-electron chi connectivity index (χ2n) is 24.4. The first-order chi connectivity index (χ1) is 28.5. The fourth-order valence-corrected chi connectivity index (χ4v) is 9.04. The highest BCUT2D eigenvalue weighted by atomic mass is 15.5. The van der Waals surface area contributed by atoms with Gasteiger partial charge in [-0.05, 0) is 131 Å². The zero-order chi connectivity index (χ0) is 45.3. The van der Waals surface area contributed by atoms with Crippen molar-refractivity contribution in [1.82, 2.24) is 15.0 Å². The van der Waals surface area contributed by atoms with Crippen molar-refractivity contribution >= 4 is 57.5 Å². The third-order valence-corrected chi connectivity index (χ3v) is 13.2. The second-order valence-corrected chi connectivity index (χ2v) is 24.4. The van der Waals surface area contributed by atoms with Crippen molar-refractivity contribution in [1.29, 1.82) is 0 Å². The van der Waals surface area contributed by atoms with Crippen LogP contribution in [0.15, 0.2) is 97.1 Å². The summed E-state index contributed by atoms with van der Waals surface area (Å²) in [5.74, 6) is 0.988. The zero-order valence-corrected chi connectivity index (χ0v) is 41.1. The summed E-state index contributed by atoms with van der Waals surface area (Å²) in [6, 6.07) is 37.4. The van der Waals surface area contributed by atoms with Crippen molar-refractivity contribution in [3.05, 3.63) is 130 Å². The molecule has 5 aromatic carbocycles. The standard InChI is InChI=1S/C56H70BN5/c1-51(2,3)35-24-25-45-44(32-35)57-48-46(60(45)42-28-36(52(4,5)6)26-37(29-42)53(7,8)9)33-40(56(16,17)18)34-47(48)61(50-49(57)58-59-62(50)41-22-20-19-21-23-41)43-30-38(54(10,11)12)27-39(31-43)55(13,14)15/h19-34H,1-18H3. The molecule has 5 nitrogen and oxygen atoms in total. The van der Waals surface area contributed by atoms with Crippen LogP contribution in [0, 0.1) is 0 Å². The molecule has 8 rings (SSSR count). The van der Waals surface area contributed by atoms with Gasteiger partial charge in [0.05, 0.1) is 11.3 Å². The predicted molar refractivity (Wildman–Crippen MR) is 268 cm³/mol. The molecule has 0 amide bonds. The summed E-state index contributed by atoms with van der Waals surface area (Å²) in [6.07, 6.45) is 0. The molecule has 0 saturated carbocycles. The van der Waals surface area contributed by atoms with E-state index < -0.39 is 0 Å². The molecule has 322 valence electrons. The third kappa shape index (κ3) is 7.60. The summed E-state index contributed by atoms with van der Waals surface area (Å²) in [7, 11) is 0. The van der Waals surface area contributed by atoms with Crippen LogP contribution in [0.1, 0.15) is 158 Å². The molecule has 1 aromatic heterocycles. The van der Waals surface area contributed by atoms with Crippen molar-refractivity contribution in [2.24, 2.45) is 0 Å². The molecular weight excluding hydrogens is 753 g/mol. The van der Waals surface area contributed by atoms with Gasteiger partial charge in [-0.15, -0.1) is 5.10 Å². The van der Waals surface area contributed by atoms with Gasteiger partial charge in [0.25, 0.3) is 6.71 Å². The normalized spacial score (nSPS) is 14.5. The lowest BCUT2D eigenvalue weighted by Crippen LogP contribution is -2.62.